The van der Waals surface area contributed by atoms with Gasteiger partial charge in [-0.1, -0.05) is 18.2 Å². The molecule has 0 amide bonds. The van der Waals surface area contributed by atoms with Crippen molar-refractivity contribution in [2.45, 2.75) is 42.4 Å². The highest BCUT2D eigenvalue weighted by molar-refractivity contribution is 7.92. The summed E-state index contributed by atoms with van der Waals surface area (Å²) in [6.07, 6.45) is 1.08. The summed E-state index contributed by atoms with van der Waals surface area (Å²) in [6.45, 7) is 5.82. The van der Waals surface area contributed by atoms with E-state index in [4.69, 9.17) is 20.4 Å². The van der Waals surface area contributed by atoms with Crippen LogP contribution in [0.25, 0.3) is 11.4 Å². The van der Waals surface area contributed by atoms with E-state index in [1.54, 1.807) is 24.3 Å². The van der Waals surface area contributed by atoms with Gasteiger partial charge in [0, 0.05) is 23.9 Å². The number of aryl methyl sites for hydroxylation is 1. The van der Waals surface area contributed by atoms with E-state index in [1.807, 2.05) is 37.3 Å². The fraction of sp³-hybridized carbons (Fsp3) is 0.360. The number of hydrogen-bond donors (Lipinski definition) is 1. The number of morpholine rings is 1. The maximum atomic E-state index is 13.9. The zero-order valence-electron chi connectivity index (χ0n) is 18.9. The fourth-order valence-electron chi connectivity index (χ4n) is 4.49. The summed E-state index contributed by atoms with van der Waals surface area (Å²) in [7, 11) is -3.63. The van der Waals surface area contributed by atoms with Gasteiger partial charge in [-0.15, -0.1) is 0 Å². The average molecular weight is 465 g/mol. The predicted molar refractivity (Wildman–Crippen MR) is 129 cm³/mol. The summed E-state index contributed by atoms with van der Waals surface area (Å²) in [5, 5.41) is 0. The van der Waals surface area contributed by atoms with Crippen molar-refractivity contribution in [3.05, 3.63) is 65.9 Å². The molecule has 2 fully saturated rings. The van der Waals surface area contributed by atoms with E-state index in [0.717, 1.165) is 16.9 Å². The smallest absolute Gasteiger partial charge is 0.190 e. The Morgan fingerprint density at radius 2 is 1.82 bits per heavy atom. The van der Waals surface area contributed by atoms with Crippen LogP contribution in [0.4, 0.5) is 11.5 Å². The molecule has 1 saturated heterocycles. The van der Waals surface area contributed by atoms with Gasteiger partial charge in [0.15, 0.2) is 15.7 Å². The SMILES string of the molecule is Cc1ccccc1S(=O)(=O)C1(c2cc(N3CCOC[C@@H]3C)nc(-c3ccc(N)cc3)n2)CC1. The first-order valence-corrected chi connectivity index (χ1v) is 12.7. The number of hydrogen-bond acceptors (Lipinski definition) is 7. The van der Waals surface area contributed by atoms with Crippen molar-refractivity contribution in [3.8, 4) is 11.4 Å². The van der Waals surface area contributed by atoms with Gasteiger partial charge in [-0.25, -0.2) is 18.4 Å². The van der Waals surface area contributed by atoms with E-state index < -0.39 is 14.6 Å². The van der Waals surface area contributed by atoms with Crippen LogP contribution in [0.3, 0.4) is 0 Å². The molecular weight excluding hydrogens is 436 g/mol. The quantitative estimate of drug-likeness (QED) is 0.575. The minimum atomic E-state index is -3.63. The molecule has 2 aliphatic rings. The Hall–Kier alpha value is -2.97. The number of ether oxygens (including phenoxy) is 1. The van der Waals surface area contributed by atoms with E-state index in [0.29, 0.717) is 54.7 Å². The van der Waals surface area contributed by atoms with Gasteiger partial charge in [-0.3, -0.25) is 0 Å². The number of nitrogen functional groups attached to an aromatic ring is 1. The van der Waals surface area contributed by atoms with Crippen molar-refractivity contribution >= 4 is 21.3 Å². The number of anilines is 2. The second-order valence-electron chi connectivity index (χ2n) is 8.94. The van der Waals surface area contributed by atoms with Crippen LogP contribution in [0.2, 0.25) is 0 Å². The first-order chi connectivity index (χ1) is 15.8. The third kappa shape index (κ3) is 3.77. The molecule has 1 atom stereocenters. The minimum Gasteiger partial charge on any atom is -0.399 e. The van der Waals surface area contributed by atoms with E-state index >= 15 is 0 Å². The van der Waals surface area contributed by atoms with Gasteiger partial charge in [0.25, 0.3) is 0 Å². The Balaban J connectivity index is 1.66. The predicted octanol–water partition coefficient (Wildman–Crippen LogP) is 3.72. The second-order valence-corrected chi connectivity index (χ2v) is 11.2. The third-order valence-corrected chi connectivity index (χ3v) is 9.30. The molecule has 33 heavy (non-hydrogen) atoms. The molecule has 2 N–H and O–H groups in total. The molecule has 1 aliphatic heterocycles. The largest absolute Gasteiger partial charge is 0.399 e. The van der Waals surface area contributed by atoms with Crippen molar-refractivity contribution in [2.75, 3.05) is 30.4 Å². The first kappa shape index (κ1) is 21.9. The molecule has 1 saturated carbocycles. The first-order valence-electron chi connectivity index (χ1n) is 11.2. The topological polar surface area (TPSA) is 98.4 Å². The van der Waals surface area contributed by atoms with Gasteiger partial charge in [0.1, 0.15) is 10.6 Å². The highest BCUT2D eigenvalue weighted by atomic mass is 32.2. The summed E-state index contributed by atoms with van der Waals surface area (Å²) in [4.78, 5) is 12.2. The molecule has 0 bridgehead atoms. The molecule has 3 aromatic rings. The molecule has 1 aliphatic carbocycles. The molecule has 0 unspecified atom stereocenters. The molecule has 1 aromatic heterocycles. The summed E-state index contributed by atoms with van der Waals surface area (Å²) >= 11 is 0. The molecular formula is C25H28N4O3S. The molecule has 8 heteroatoms. The molecule has 2 aromatic carbocycles. The van der Waals surface area contributed by atoms with Crippen molar-refractivity contribution in [1.82, 2.24) is 9.97 Å². The summed E-state index contributed by atoms with van der Waals surface area (Å²) in [6, 6.07) is 16.5. The van der Waals surface area contributed by atoms with E-state index in [1.165, 1.54) is 0 Å². The van der Waals surface area contributed by atoms with Gasteiger partial charge in [-0.05, 0) is 62.6 Å². The van der Waals surface area contributed by atoms with Crippen LogP contribution in [0.5, 0.6) is 0 Å². The normalized spacial score (nSPS) is 19.9. The van der Waals surface area contributed by atoms with Crippen LogP contribution in [0.15, 0.2) is 59.5 Å². The highest BCUT2D eigenvalue weighted by Crippen LogP contribution is 2.55. The maximum Gasteiger partial charge on any atom is 0.190 e. The lowest BCUT2D eigenvalue weighted by Crippen LogP contribution is -2.44. The summed E-state index contributed by atoms with van der Waals surface area (Å²) in [5.41, 5.74) is 8.63. The molecule has 172 valence electrons. The van der Waals surface area contributed by atoms with Gasteiger partial charge in [0.05, 0.1) is 29.8 Å². The Morgan fingerprint density at radius 3 is 2.48 bits per heavy atom. The van der Waals surface area contributed by atoms with Gasteiger partial charge < -0.3 is 15.4 Å². The molecule has 7 nitrogen and oxygen atoms in total. The molecule has 5 rings (SSSR count). The summed E-state index contributed by atoms with van der Waals surface area (Å²) < 4.78 is 32.3. The fourth-order valence-corrected chi connectivity index (χ4v) is 6.68. The lowest BCUT2D eigenvalue weighted by atomic mass is 10.1. The third-order valence-electron chi connectivity index (χ3n) is 6.61. The van der Waals surface area contributed by atoms with Crippen LogP contribution in [0, 0.1) is 6.92 Å². The maximum absolute atomic E-state index is 13.9. The van der Waals surface area contributed by atoms with Crippen molar-refractivity contribution in [3.63, 3.8) is 0 Å². The number of aromatic nitrogens is 2. The van der Waals surface area contributed by atoms with Gasteiger partial charge >= 0.3 is 0 Å². The van der Waals surface area contributed by atoms with Gasteiger partial charge in [-0.2, -0.15) is 0 Å². The number of benzene rings is 2. The van der Waals surface area contributed by atoms with Crippen LogP contribution in [-0.4, -0.2) is 44.2 Å². The Kier molecular flexibility index (Phi) is 5.37. The monoisotopic (exact) mass is 464 g/mol. The van der Waals surface area contributed by atoms with Gasteiger partial charge in [0.2, 0.25) is 0 Å². The Morgan fingerprint density at radius 1 is 1.09 bits per heavy atom. The number of nitrogens with zero attached hydrogens (tertiary/aromatic N) is 3. The standard InChI is InChI=1S/C25H28N4O3S/c1-17-5-3-4-6-21(17)33(30,31)25(11-12-25)22-15-23(29-13-14-32-16-18(29)2)28-24(27-22)19-7-9-20(26)10-8-19/h3-10,15,18H,11-14,16,26H2,1-2H3/t18-/m0/s1. The molecule has 0 radical (unpaired) electrons. The molecule has 2 heterocycles. The van der Waals surface area contributed by atoms with Crippen LogP contribution < -0.4 is 10.6 Å². The highest BCUT2D eigenvalue weighted by Gasteiger charge is 2.58. The van der Waals surface area contributed by atoms with Crippen molar-refractivity contribution < 1.29 is 13.2 Å². The molecule has 0 spiro atoms. The van der Waals surface area contributed by atoms with E-state index in [2.05, 4.69) is 11.8 Å². The Labute approximate surface area is 194 Å². The zero-order chi connectivity index (χ0) is 23.2. The number of sulfone groups is 1. The Bertz CT molecular complexity index is 1290. The van der Waals surface area contributed by atoms with Crippen LogP contribution >= 0.6 is 0 Å². The number of nitrogens with two attached hydrogens (primary N) is 1. The van der Waals surface area contributed by atoms with E-state index in [-0.39, 0.29) is 6.04 Å². The lowest BCUT2D eigenvalue weighted by Gasteiger charge is -2.34. The zero-order valence-corrected chi connectivity index (χ0v) is 19.7. The van der Waals surface area contributed by atoms with Crippen molar-refractivity contribution in [2.24, 2.45) is 0 Å². The summed E-state index contributed by atoms with van der Waals surface area (Å²) in [5.74, 6) is 1.24. The second kappa shape index (κ2) is 8.11. The lowest BCUT2D eigenvalue weighted by molar-refractivity contribution is 0.0985. The average Bonchev–Trinajstić information content (AvgIpc) is 3.63. The minimum absolute atomic E-state index is 0.129. The van der Waals surface area contributed by atoms with Crippen LogP contribution in [-0.2, 0) is 19.3 Å². The number of rotatable bonds is 5. The van der Waals surface area contributed by atoms with Crippen LogP contribution in [0.1, 0.15) is 31.0 Å². The van der Waals surface area contributed by atoms with E-state index in [9.17, 15) is 8.42 Å². The van der Waals surface area contributed by atoms with Crippen molar-refractivity contribution in [1.29, 1.82) is 0 Å².